The summed E-state index contributed by atoms with van der Waals surface area (Å²) >= 11 is 1.49. The Balaban J connectivity index is 1.66. The van der Waals surface area contributed by atoms with Gasteiger partial charge in [-0.15, -0.1) is 0 Å². The Labute approximate surface area is 155 Å². The van der Waals surface area contributed by atoms with Crippen LogP contribution in [0.2, 0.25) is 0 Å². The van der Waals surface area contributed by atoms with Crippen LogP contribution in [0.4, 0.5) is 5.13 Å². The molecule has 1 aromatic carbocycles. The molecule has 4 rings (SSSR count). The SMILES string of the molecule is CN1N=C(C(=O)N(C[C@H]2CCCO2)c2nc3ccccc3s2)CCC1=O. The van der Waals surface area contributed by atoms with Crippen molar-refractivity contribution in [2.24, 2.45) is 5.10 Å². The number of aromatic nitrogens is 1. The number of thiazole rings is 1. The number of nitrogens with zero attached hydrogens (tertiary/aromatic N) is 4. The van der Waals surface area contributed by atoms with Gasteiger partial charge in [0.05, 0.1) is 22.9 Å². The maximum atomic E-state index is 13.2. The summed E-state index contributed by atoms with van der Waals surface area (Å²) in [5, 5.41) is 6.08. The first-order chi connectivity index (χ1) is 12.6. The van der Waals surface area contributed by atoms with Crippen LogP contribution in [0.25, 0.3) is 10.2 Å². The fourth-order valence-corrected chi connectivity index (χ4v) is 4.17. The molecule has 0 unspecified atom stereocenters. The number of anilines is 1. The van der Waals surface area contributed by atoms with Gasteiger partial charge in [0.2, 0.25) is 5.91 Å². The van der Waals surface area contributed by atoms with E-state index in [9.17, 15) is 9.59 Å². The van der Waals surface area contributed by atoms with E-state index in [2.05, 4.69) is 10.1 Å². The lowest BCUT2D eigenvalue weighted by molar-refractivity contribution is -0.130. The Hall–Kier alpha value is -2.32. The molecule has 2 aromatic rings. The van der Waals surface area contributed by atoms with Crippen LogP contribution in [0.5, 0.6) is 0 Å². The smallest absolute Gasteiger partial charge is 0.276 e. The predicted octanol–water partition coefficient (Wildman–Crippen LogP) is 2.42. The molecule has 0 N–H and O–H groups in total. The molecule has 0 spiro atoms. The van der Waals surface area contributed by atoms with E-state index in [1.807, 2.05) is 24.3 Å². The molecule has 2 aliphatic heterocycles. The summed E-state index contributed by atoms with van der Waals surface area (Å²) in [5.74, 6) is -0.272. The number of fused-ring (bicyclic) bond motifs is 1. The lowest BCUT2D eigenvalue weighted by Crippen LogP contribution is -2.44. The molecular formula is C18H20N4O3S. The molecule has 136 valence electrons. The van der Waals surface area contributed by atoms with Crippen molar-refractivity contribution in [1.29, 1.82) is 0 Å². The Kier molecular flexibility index (Phi) is 4.69. The van der Waals surface area contributed by atoms with Crippen LogP contribution in [0.3, 0.4) is 0 Å². The molecule has 0 saturated carbocycles. The van der Waals surface area contributed by atoms with Crippen molar-refractivity contribution in [2.75, 3.05) is 25.1 Å². The van der Waals surface area contributed by atoms with Crippen molar-refractivity contribution in [2.45, 2.75) is 31.8 Å². The van der Waals surface area contributed by atoms with Crippen LogP contribution in [0.15, 0.2) is 29.4 Å². The molecule has 0 radical (unpaired) electrons. The molecule has 2 amide bonds. The van der Waals surface area contributed by atoms with Gasteiger partial charge in [0.25, 0.3) is 5.91 Å². The number of para-hydroxylation sites is 1. The lowest BCUT2D eigenvalue weighted by atomic mass is 10.1. The average molecular weight is 372 g/mol. The number of benzene rings is 1. The maximum Gasteiger partial charge on any atom is 0.276 e. The van der Waals surface area contributed by atoms with Gasteiger partial charge in [0, 0.05) is 26.5 Å². The summed E-state index contributed by atoms with van der Waals surface area (Å²) in [4.78, 5) is 31.2. The van der Waals surface area contributed by atoms with Crippen molar-refractivity contribution >= 4 is 44.2 Å². The van der Waals surface area contributed by atoms with Gasteiger partial charge in [0.1, 0.15) is 5.71 Å². The summed E-state index contributed by atoms with van der Waals surface area (Å²) in [5.41, 5.74) is 1.26. The summed E-state index contributed by atoms with van der Waals surface area (Å²) < 4.78 is 6.77. The van der Waals surface area contributed by atoms with Gasteiger partial charge in [-0.1, -0.05) is 23.5 Å². The van der Waals surface area contributed by atoms with E-state index in [-0.39, 0.29) is 17.9 Å². The number of ether oxygens (including phenoxy) is 1. The zero-order valence-electron chi connectivity index (χ0n) is 14.6. The summed E-state index contributed by atoms with van der Waals surface area (Å²) in [7, 11) is 1.58. The van der Waals surface area contributed by atoms with E-state index < -0.39 is 0 Å². The first kappa shape index (κ1) is 17.1. The standard InChI is InChI=1S/C18H20N4O3S/c1-21-16(23)9-8-14(20-21)17(24)22(11-12-5-4-10-25-12)18-19-13-6-2-3-7-15(13)26-18/h2-3,6-7,12H,4-5,8-11H2,1H3/t12-/m1/s1. The third kappa shape index (κ3) is 3.34. The van der Waals surface area contributed by atoms with E-state index in [0.717, 1.165) is 29.7 Å². The minimum atomic E-state index is -0.195. The van der Waals surface area contributed by atoms with E-state index in [1.54, 1.807) is 11.9 Å². The quantitative estimate of drug-likeness (QED) is 0.826. The van der Waals surface area contributed by atoms with Crippen molar-refractivity contribution in [3.63, 3.8) is 0 Å². The average Bonchev–Trinajstić information content (AvgIpc) is 3.30. The van der Waals surface area contributed by atoms with Crippen LogP contribution in [-0.4, -0.2) is 53.8 Å². The van der Waals surface area contributed by atoms with Crippen molar-refractivity contribution in [3.05, 3.63) is 24.3 Å². The highest BCUT2D eigenvalue weighted by atomic mass is 32.1. The third-order valence-corrected chi connectivity index (χ3v) is 5.68. The van der Waals surface area contributed by atoms with Crippen LogP contribution in [0.1, 0.15) is 25.7 Å². The Morgan fingerprint density at radius 1 is 1.38 bits per heavy atom. The second-order valence-electron chi connectivity index (χ2n) is 6.48. The Morgan fingerprint density at radius 3 is 2.96 bits per heavy atom. The van der Waals surface area contributed by atoms with Gasteiger partial charge in [-0.3, -0.25) is 14.5 Å². The molecule has 1 saturated heterocycles. The largest absolute Gasteiger partial charge is 0.376 e. The number of hydrogen-bond acceptors (Lipinski definition) is 6. The second kappa shape index (κ2) is 7.13. The molecule has 2 aliphatic rings. The zero-order chi connectivity index (χ0) is 18.1. The van der Waals surface area contributed by atoms with Crippen molar-refractivity contribution < 1.29 is 14.3 Å². The van der Waals surface area contributed by atoms with E-state index in [4.69, 9.17) is 4.74 Å². The second-order valence-corrected chi connectivity index (χ2v) is 7.49. The molecule has 8 heteroatoms. The number of carbonyl (C=O) groups excluding carboxylic acids is 2. The van der Waals surface area contributed by atoms with Crippen LogP contribution >= 0.6 is 11.3 Å². The molecule has 1 fully saturated rings. The van der Waals surface area contributed by atoms with E-state index in [0.29, 0.717) is 30.2 Å². The fraction of sp³-hybridized carbons (Fsp3) is 0.444. The highest BCUT2D eigenvalue weighted by molar-refractivity contribution is 7.22. The predicted molar refractivity (Wildman–Crippen MR) is 100 cm³/mol. The molecule has 26 heavy (non-hydrogen) atoms. The highest BCUT2D eigenvalue weighted by Gasteiger charge is 2.31. The number of amides is 2. The van der Waals surface area contributed by atoms with Gasteiger partial charge < -0.3 is 4.74 Å². The number of carbonyl (C=O) groups is 2. The van der Waals surface area contributed by atoms with Crippen molar-refractivity contribution in [3.8, 4) is 0 Å². The molecule has 1 atom stereocenters. The lowest BCUT2D eigenvalue weighted by Gasteiger charge is -2.26. The first-order valence-electron chi connectivity index (χ1n) is 8.75. The topological polar surface area (TPSA) is 75.1 Å². The van der Waals surface area contributed by atoms with Gasteiger partial charge in [-0.25, -0.2) is 9.99 Å². The maximum absolute atomic E-state index is 13.2. The summed E-state index contributed by atoms with van der Waals surface area (Å²) in [6.45, 7) is 1.18. The highest BCUT2D eigenvalue weighted by Crippen LogP contribution is 2.30. The van der Waals surface area contributed by atoms with E-state index in [1.165, 1.54) is 16.3 Å². The zero-order valence-corrected chi connectivity index (χ0v) is 15.4. The number of hydrogen-bond donors (Lipinski definition) is 0. The van der Waals surface area contributed by atoms with Crippen molar-refractivity contribution in [1.82, 2.24) is 9.99 Å². The molecular weight excluding hydrogens is 352 g/mol. The fourth-order valence-electron chi connectivity index (χ4n) is 3.19. The first-order valence-corrected chi connectivity index (χ1v) is 9.56. The van der Waals surface area contributed by atoms with Gasteiger partial charge in [-0.2, -0.15) is 5.10 Å². The van der Waals surface area contributed by atoms with E-state index >= 15 is 0 Å². The van der Waals surface area contributed by atoms with Crippen LogP contribution < -0.4 is 4.90 Å². The molecule has 3 heterocycles. The third-order valence-electron chi connectivity index (χ3n) is 4.62. The van der Waals surface area contributed by atoms with Gasteiger partial charge in [0.15, 0.2) is 5.13 Å². The monoisotopic (exact) mass is 372 g/mol. The minimum absolute atomic E-state index is 0.00881. The van der Waals surface area contributed by atoms with Gasteiger partial charge in [-0.05, 0) is 25.0 Å². The van der Waals surface area contributed by atoms with Gasteiger partial charge >= 0.3 is 0 Å². The molecule has 0 bridgehead atoms. The van der Waals surface area contributed by atoms with Crippen LogP contribution in [0, 0.1) is 0 Å². The molecule has 7 nitrogen and oxygen atoms in total. The summed E-state index contributed by atoms with van der Waals surface area (Å²) in [6.07, 6.45) is 2.60. The minimum Gasteiger partial charge on any atom is -0.376 e. The van der Waals surface area contributed by atoms with Crippen LogP contribution in [-0.2, 0) is 14.3 Å². The molecule has 0 aliphatic carbocycles. The Morgan fingerprint density at radius 2 is 2.23 bits per heavy atom. The summed E-state index contributed by atoms with van der Waals surface area (Å²) in [6, 6.07) is 7.83. The number of hydrazone groups is 1. The number of rotatable bonds is 4. The Bertz CT molecular complexity index is 839. The normalized spacial score (nSPS) is 20.5. The molecule has 1 aromatic heterocycles.